The standard InChI is InChI=1S/C24H39N7O2/c25-13-16-32-18-19-33-17-15-27-23-29-22(26-14-12-20-8-4-3-5-9-20)30-24(31-23)28-21-10-6-1-2-7-11-21/h3-5,8-9,21H,1-2,6-7,10-19,25H2,(H3,26,27,28,29,30,31). The Morgan fingerprint density at radius 3 is 2.09 bits per heavy atom. The molecule has 33 heavy (non-hydrogen) atoms. The van der Waals surface area contributed by atoms with Crippen molar-refractivity contribution in [2.75, 3.05) is 62.0 Å². The lowest BCUT2D eigenvalue weighted by Crippen LogP contribution is -2.22. The molecule has 1 aliphatic rings. The minimum absolute atomic E-state index is 0.414. The zero-order valence-electron chi connectivity index (χ0n) is 19.6. The molecule has 1 aliphatic carbocycles. The van der Waals surface area contributed by atoms with E-state index in [1.165, 1.54) is 31.2 Å². The summed E-state index contributed by atoms with van der Waals surface area (Å²) in [5.74, 6) is 1.75. The van der Waals surface area contributed by atoms with E-state index < -0.39 is 0 Å². The number of rotatable bonds is 15. The smallest absolute Gasteiger partial charge is 0.229 e. The molecule has 1 fully saturated rings. The molecule has 1 heterocycles. The molecule has 0 saturated heterocycles. The quantitative estimate of drug-likeness (QED) is 0.236. The Morgan fingerprint density at radius 1 is 0.758 bits per heavy atom. The number of anilines is 3. The summed E-state index contributed by atoms with van der Waals surface area (Å²) in [4.78, 5) is 13.8. The van der Waals surface area contributed by atoms with Gasteiger partial charge in [-0.3, -0.25) is 0 Å². The van der Waals surface area contributed by atoms with Crippen LogP contribution >= 0.6 is 0 Å². The average Bonchev–Trinajstić information content (AvgIpc) is 3.10. The van der Waals surface area contributed by atoms with Crippen LogP contribution < -0.4 is 21.7 Å². The maximum Gasteiger partial charge on any atom is 0.229 e. The second-order valence-corrected chi connectivity index (χ2v) is 8.24. The van der Waals surface area contributed by atoms with Gasteiger partial charge in [0.05, 0.1) is 26.4 Å². The lowest BCUT2D eigenvalue weighted by molar-refractivity contribution is 0.0547. The number of ether oxygens (including phenoxy) is 2. The molecule has 1 aromatic heterocycles. The number of hydrogen-bond acceptors (Lipinski definition) is 9. The molecule has 0 radical (unpaired) electrons. The largest absolute Gasteiger partial charge is 0.378 e. The van der Waals surface area contributed by atoms with Gasteiger partial charge in [0.1, 0.15) is 0 Å². The lowest BCUT2D eigenvalue weighted by Gasteiger charge is -2.17. The highest BCUT2D eigenvalue weighted by Crippen LogP contribution is 2.20. The van der Waals surface area contributed by atoms with Crippen LogP contribution in [0.5, 0.6) is 0 Å². The Bertz CT molecular complexity index is 771. The fourth-order valence-corrected chi connectivity index (χ4v) is 3.81. The minimum atomic E-state index is 0.414. The summed E-state index contributed by atoms with van der Waals surface area (Å²) in [6.45, 7) is 4.08. The van der Waals surface area contributed by atoms with Crippen molar-refractivity contribution in [1.82, 2.24) is 15.0 Å². The van der Waals surface area contributed by atoms with E-state index in [1.807, 2.05) is 6.07 Å². The molecular formula is C24H39N7O2. The van der Waals surface area contributed by atoms with E-state index in [-0.39, 0.29) is 0 Å². The second kappa shape index (κ2) is 15.4. The van der Waals surface area contributed by atoms with Crippen molar-refractivity contribution in [3.63, 3.8) is 0 Å². The van der Waals surface area contributed by atoms with E-state index in [0.717, 1.165) is 25.8 Å². The summed E-state index contributed by atoms with van der Waals surface area (Å²) in [6, 6.07) is 10.8. The third-order valence-corrected chi connectivity index (χ3v) is 5.53. The first-order chi connectivity index (χ1) is 16.3. The topological polar surface area (TPSA) is 119 Å². The molecule has 1 saturated carbocycles. The zero-order valence-corrected chi connectivity index (χ0v) is 19.6. The third-order valence-electron chi connectivity index (χ3n) is 5.53. The fourth-order valence-electron chi connectivity index (χ4n) is 3.81. The third kappa shape index (κ3) is 10.3. The minimum Gasteiger partial charge on any atom is -0.378 e. The number of aromatic nitrogens is 3. The molecule has 182 valence electrons. The number of nitrogens with two attached hydrogens (primary N) is 1. The molecule has 0 atom stereocenters. The predicted molar refractivity (Wildman–Crippen MR) is 133 cm³/mol. The highest BCUT2D eigenvalue weighted by atomic mass is 16.5. The Morgan fingerprint density at radius 2 is 1.39 bits per heavy atom. The van der Waals surface area contributed by atoms with Crippen LogP contribution in [0, 0.1) is 0 Å². The van der Waals surface area contributed by atoms with E-state index in [9.17, 15) is 0 Å². The second-order valence-electron chi connectivity index (χ2n) is 8.24. The zero-order chi connectivity index (χ0) is 23.0. The number of benzene rings is 1. The number of nitrogens with one attached hydrogen (secondary N) is 3. The van der Waals surface area contributed by atoms with E-state index in [2.05, 4.69) is 55.2 Å². The molecule has 0 spiro atoms. The van der Waals surface area contributed by atoms with Gasteiger partial charge in [0.25, 0.3) is 0 Å². The van der Waals surface area contributed by atoms with Crippen LogP contribution in [0.1, 0.15) is 44.1 Å². The first kappa shape index (κ1) is 25.1. The van der Waals surface area contributed by atoms with Crippen molar-refractivity contribution in [2.24, 2.45) is 5.73 Å². The van der Waals surface area contributed by atoms with Gasteiger partial charge in [0.2, 0.25) is 17.8 Å². The maximum atomic E-state index is 5.58. The predicted octanol–water partition coefficient (Wildman–Crippen LogP) is 3.06. The summed E-state index contributed by atoms with van der Waals surface area (Å²) in [5.41, 5.74) is 6.68. The molecule has 3 rings (SSSR count). The van der Waals surface area contributed by atoms with Gasteiger partial charge in [0.15, 0.2) is 0 Å². The molecule has 0 amide bonds. The van der Waals surface area contributed by atoms with Gasteiger partial charge in [-0.25, -0.2) is 0 Å². The molecule has 0 aliphatic heterocycles. The van der Waals surface area contributed by atoms with Gasteiger partial charge < -0.3 is 31.2 Å². The van der Waals surface area contributed by atoms with E-state index in [0.29, 0.717) is 63.4 Å². The normalized spacial score (nSPS) is 14.6. The molecule has 2 aromatic rings. The highest BCUT2D eigenvalue weighted by molar-refractivity contribution is 5.42. The van der Waals surface area contributed by atoms with Crippen LogP contribution in [-0.4, -0.2) is 67.1 Å². The molecule has 1 aromatic carbocycles. The SMILES string of the molecule is NCCOCCOCCNc1nc(NCCc2ccccc2)nc(NC2CCCCCC2)n1. The van der Waals surface area contributed by atoms with Crippen LogP contribution in [0.2, 0.25) is 0 Å². The summed E-state index contributed by atoms with van der Waals surface area (Å²) in [7, 11) is 0. The number of hydrogen-bond donors (Lipinski definition) is 4. The van der Waals surface area contributed by atoms with Crippen LogP contribution in [0.4, 0.5) is 17.8 Å². The fraction of sp³-hybridized carbons (Fsp3) is 0.625. The van der Waals surface area contributed by atoms with Crippen LogP contribution in [0.15, 0.2) is 30.3 Å². The van der Waals surface area contributed by atoms with Crippen molar-refractivity contribution in [3.8, 4) is 0 Å². The maximum absolute atomic E-state index is 5.58. The Labute approximate surface area is 197 Å². The Kier molecular flexibility index (Phi) is 11.7. The Hall–Kier alpha value is -2.49. The summed E-state index contributed by atoms with van der Waals surface area (Å²) >= 11 is 0. The first-order valence-corrected chi connectivity index (χ1v) is 12.2. The van der Waals surface area contributed by atoms with Crippen LogP contribution in [0.25, 0.3) is 0 Å². The molecular weight excluding hydrogens is 418 g/mol. The highest BCUT2D eigenvalue weighted by Gasteiger charge is 2.15. The van der Waals surface area contributed by atoms with E-state index in [1.54, 1.807) is 0 Å². The summed E-state index contributed by atoms with van der Waals surface area (Å²) < 4.78 is 10.9. The van der Waals surface area contributed by atoms with Gasteiger partial charge in [-0.05, 0) is 24.8 Å². The van der Waals surface area contributed by atoms with Crippen molar-refractivity contribution in [3.05, 3.63) is 35.9 Å². The van der Waals surface area contributed by atoms with Gasteiger partial charge >= 0.3 is 0 Å². The molecule has 9 heteroatoms. The summed E-state index contributed by atoms with van der Waals surface area (Å²) in [5, 5.41) is 10.2. The van der Waals surface area contributed by atoms with Crippen LogP contribution in [0.3, 0.4) is 0 Å². The monoisotopic (exact) mass is 457 g/mol. The van der Waals surface area contributed by atoms with Crippen molar-refractivity contribution >= 4 is 17.8 Å². The molecule has 0 bridgehead atoms. The first-order valence-electron chi connectivity index (χ1n) is 12.2. The Balaban J connectivity index is 1.52. The lowest BCUT2D eigenvalue weighted by atomic mass is 10.1. The van der Waals surface area contributed by atoms with Gasteiger partial charge in [0, 0.05) is 25.7 Å². The van der Waals surface area contributed by atoms with Crippen molar-refractivity contribution in [2.45, 2.75) is 51.0 Å². The van der Waals surface area contributed by atoms with Crippen LogP contribution in [-0.2, 0) is 15.9 Å². The molecule has 0 unspecified atom stereocenters. The van der Waals surface area contributed by atoms with Gasteiger partial charge in [-0.15, -0.1) is 0 Å². The van der Waals surface area contributed by atoms with Gasteiger partial charge in [-0.1, -0.05) is 56.0 Å². The van der Waals surface area contributed by atoms with Crippen molar-refractivity contribution in [1.29, 1.82) is 0 Å². The molecule has 9 nitrogen and oxygen atoms in total. The summed E-state index contributed by atoms with van der Waals surface area (Å²) in [6.07, 6.45) is 8.35. The average molecular weight is 458 g/mol. The van der Waals surface area contributed by atoms with E-state index >= 15 is 0 Å². The number of nitrogens with zero attached hydrogens (tertiary/aromatic N) is 3. The molecule has 5 N–H and O–H groups in total. The van der Waals surface area contributed by atoms with E-state index in [4.69, 9.17) is 15.2 Å². The van der Waals surface area contributed by atoms with Crippen molar-refractivity contribution < 1.29 is 9.47 Å². The van der Waals surface area contributed by atoms with Gasteiger partial charge in [-0.2, -0.15) is 15.0 Å².